The summed E-state index contributed by atoms with van der Waals surface area (Å²) in [6, 6.07) is 7.87. The summed E-state index contributed by atoms with van der Waals surface area (Å²) in [5.41, 5.74) is 8.64. The standard InChI is InChI=1S/C14H19ClN2/c1-9-13(15)3-2-4-14(9)17-11-5-6-12(17)8-10(16)7-11/h2-4,10-12H,5-8,16H2,1H3. The second-order valence-electron chi connectivity index (χ2n) is 5.41. The van der Waals surface area contributed by atoms with Gasteiger partial charge in [-0.15, -0.1) is 0 Å². The fourth-order valence-electron chi connectivity index (χ4n) is 3.49. The SMILES string of the molecule is Cc1c(Cl)cccc1N1C2CCC1CC(N)C2. The van der Waals surface area contributed by atoms with Crippen LogP contribution in [0.25, 0.3) is 0 Å². The number of fused-ring (bicyclic) bond motifs is 2. The van der Waals surface area contributed by atoms with Gasteiger partial charge in [-0.2, -0.15) is 0 Å². The van der Waals surface area contributed by atoms with Gasteiger partial charge in [0.1, 0.15) is 0 Å². The summed E-state index contributed by atoms with van der Waals surface area (Å²) in [5.74, 6) is 0. The monoisotopic (exact) mass is 250 g/mol. The number of anilines is 1. The van der Waals surface area contributed by atoms with Crippen LogP contribution in [-0.2, 0) is 0 Å². The zero-order chi connectivity index (χ0) is 12.0. The Hall–Kier alpha value is -0.730. The van der Waals surface area contributed by atoms with Gasteiger partial charge in [0.25, 0.3) is 0 Å². The lowest BCUT2D eigenvalue weighted by Gasteiger charge is -2.40. The first-order valence-corrected chi connectivity index (χ1v) is 6.83. The van der Waals surface area contributed by atoms with E-state index in [2.05, 4.69) is 24.0 Å². The predicted octanol–water partition coefficient (Wildman–Crippen LogP) is 3.11. The summed E-state index contributed by atoms with van der Waals surface area (Å²) in [4.78, 5) is 2.57. The molecule has 0 aliphatic carbocycles. The molecule has 0 radical (unpaired) electrons. The molecule has 2 heterocycles. The molecule has 2 nitrogen and oxygen atoms in total. The molecule has 2 fully saturated rings. The van der Waals surface area contributed by atoms with E-state index in [1.54, 1.807) is 0 Å². The second kappa shape index (κ2) is 4.18. The number of rotatable bonds is 1. The zero-order valence-electron chi connectivity index (χ0n) is 10.2. The topological polar surface area (TPSA) is 29.3 Å². The molecule has 92 valence electrons. The van der Waals surface area contributed by atoms with Crippen LogP contribution in [0, 0.1) is 6.92 Å². The van der Waals surface area contributed by atoms with Crippen molar-refractivity contribution in [1.29, 1.82) is 0 Å². The van der Waals surface area contributed by atoms with Crippen molar-refractivity contribution in [1.82, 2.24) is 0 Å². The Morgan fingerprint density at radius 3 is 2.53 bits per heavy atom. The van der Waals surface area contributed by atoms with Gasteiger partial charge in [-0.3, -0.25) is 0 Å². The summed E-state index contributed by atoms with van der Waals surface area (Å²) in [5, 5.41) is 0.872. The van der Waals surface area contributed by atoms with E-state index in [0.717, 1.165) is 17.9 Å². The molecule has 1 aromatic carbocycles. The average Bonchev–Trinajstić information content (AvgIpc) is 2.55. The van der Waals surface area contributed by atoms with Crippen molar-refractivity contribution in [3.63, 3.8) is 0 Å². The van der Waals surface area contributed by atoms with Gasteiger partial charge in [0.05, 0.1) is 0 Å². The highest BCUT2D eigenvalue weighted by Crippen LogP contribution is 2.41. The Morgan fingerprint density at radius 2 is 1.88 bits per heavy atom. The quantitative estimate of drug-likeness (QED) is 0.830. The Kier molecular flexibility index (Phi) is 2.80. The first-order chi connectivity index (χ1) is 8.16. The molecule has 0 saturated carbocycles. The van der Waals surface area contributed by atoms with E-state index in [1.807, 2.05) is 6.07 Å². The number of nitrogens with two attached hydrogens (primary N) is 1. The third-order valence-electron chi connectivity index (χ3n) is 4.29. The molecular formula is C14H19ClN2. The minimum Gasteiger partial charge on any atom is -0.365 e. The van der Waals surface area contributed by atoms with Gasteiger partial charge in [0.2, 0.25) is 0 Å². The lowest BCUT2D eigenvalue weighted by atomic mass is 9.96. The largest absolute Gasteiger partial charge is 0.365 e. The normalized spacial score (nSPS) is 31.9. The van der Waals surface area contributed by atoms with E-state index >= 15 is 0 Å². The highest BCUT2D eigenvalue weighted by molar-refractivity contribution is 6.31. The van der Waals surface area contributed by atoms with Crippen molar-refractivity contribution in [2.75, 3.05) is 4.90 Å². The van der Waals surface area contributed by atoms with Gasteiger partial charge in [-0.05, 0) is 50.3 Å². The van der Waals surface area contributed by atoms with Gasteiger partial charge < -0.3 is 10.6 Å². The first kappa shape index (κ1) is 11.4. The van der Waals surface area contributed by atoms with E-state index in [9.17, 15) is 0 Å². The van der Waals surface area contributed by atoms with Crippen molar-refractivity contribution in [2.45, 2.75) is 50.7 Å². The summed E-state index contributed by atoms with van der Waals surface area (Å²) in [7, 11) is 0. The molecule has 0 amide bonds. The van der Waals surface area contributed by atoms with Crippen molar-refractivity contribution in [3.05, 3.63) is 28.8 Å². The Labute approximate surface area is 108 Å². The van der Waals surface area contributed by atoms with Crippen LogP contribution in [0.4, 0.5) is 5.69 Å². The molecule has 2 saturated heterocycles. The third kappa shape index (κ3) is 1.84. The number of hydrogen-bond acceptors (Lipinski definition) is 2. The molecule has 3 rings (SSSR count). The number of piperidine rings is 1. The van der Waals surface area contributed by atoms with Gasteiger partial charge in [-0.25, -0.2) is 0 Å². The van der Waals surface area contributed by atoms with Crippen LogP contribution in [0.5, 0.6) is 0 Å². The van der Waals surface area contributed by atoms with Gasteiger partial charge in [0.15, 0.2) is 0 Å². The van der Waals surface area contributed by atoms with Crippen molar-refractivity contribution >= 4 is 17.3 Å². The zero-order valence-corrected chi connectivity index (χ0v) is 11.0. The molecule has 17 heavy (non-hydrogen) atoms. The van der Waals surface area contributed by atoms with Crippen LogP contribution >= 0.6 is 11.6 Å². The smallest absolute Gasteiger partial charge is 0.0455 e. The summed E-state index contributed by atoms with van der Waals surface area (Å²) >= 11 is 6.23. The van der Waals surface area contributed by atoms with E-state index in [4.69, 9.17) is 17.3 Å². The molecule has 2 aliphatic heterocycles. The fraction of sp³-hybridized carbons (Fsp3) is 0.571. The fourth-order valence-corrected chi connectivity index (χ4v) is 3.66. The Balaban J connectivity index is 1.97. The number of benzene rings is 1. The number of halogens is 1. The van der Waals surface area contributed by atoms with Crippen molar-refractivity contribution in [3.8, 4) is 0 Å². The van der Waals surface area contributed by atoms with Crippen LogP contribution in [0.1, 0.15) is 31.2 Å². The predicted molar refractivity (Wildman–Crippen MR) is 72.7 cm³/mol. The minimum atomic E-state index is 0.392. The Morgan fingerprint density at radius 1 is 1.24 bits per heavy atom. The maximum Gasteiger partial charge on any atom is 0.0455 e. The molecular weight excluding hydrogens is 232 g/mol. The molecule has 2 N–H and O–H groups in total. The summed E-state index contributed by atoms with van der Waals surface area (Å²) < 4.78 is 0. The van der Waals surface area contributed by atoms with Gasteiger partial charge in [-0.1, -0.05) is 17.7 Å². The molecule has 2 aliphatic rings. The van der Waals surface area contributed by atoms with Gasteiger partial charge >= 0.3 is 0 Å². The lowest BCUT2D eigenvalue weighted by Crippen LogP contribution is -2.47. The van der Waals surface area contributed by atoms with Crippen LogP contribution < -0.4 is 10.6 Å². The first-order valence-electron chi connectivity index (χ1n) is 6.46. The van der Waals surface area contributed by atoms with Crippen LogP contribution in [0.2, 0.25) is 5.02 Å². The minimum absolute atomic E-state index is 0.392. The average molecular weight is 251 g/mol. The molecule has 0 aromatic heterocycles. The van der Waals surface area contributed by atoms with Gasteiger partial charge in [0, 0.05) is 28.8 Å². The molecule has 3 heteroatoms. The summed E-state index contributed by atoms with van der Waals surface area (Å²) in [6.07, 6.45) is 4.82. The van der Waals surface area contributed by atoms with E-state index in [0.29, 0.717) is 18.1 Å². The van der Waals surface area contributed by atoms with Crippen LogP contribution in [0.3, 0.4) is 0 Å². The van der Waals surface area contributed by atoms with Crippen LogP contribution in [-0.4, -0.2) is 18.1 Å². The van der Waals surface area contributed by atoms with E-state index in [-0.39, 0.29) is 0 Å². The molecule has 2 bridgehead atoms. The van der Waals surface area contributed by atoms with E-state index < -0.39 is 0 Å². The molecule has 2 atom stereocenters. The molecule has 2 unspecified atom stereocenters. The number of nitrogens with zero attached hydrogens (tertiary/aromatic N) is 1. The highest BCUT2D eigenvalue weighted by Gasteiger charge is 2.40. The van der Waals surface area contributed by atoms with Crippen molar-refractivity contribution < 1.29 is 0 Å². The third-order valence-corrected chi connectivity index (χ3v) is 4.70. The Bertz CT molecular complexity index is 418. The van der Waals surface area contributed by atoms with Crippen LogP contribution in [0.15, 0.2) is 18.2 Å². The molecule has 0 spiro atoms. The van der Waals surface area contributed by atoms with Crippen molar-refractivity contribution in [2.24, 2.45) is 5.73 Å². The summed E-state index contributed by atoms with van der Waals surface area (Å²) in [6.45, 7) is 2.12. The lowest BCUT2D eigenvalue weighted by molar-refractivity contribution is 0.414. The maximum atomic E-state index is 6.23. The molecule has 1 aromatic rings. The highest BCUT2D eigenvalue weighted by atomic mass is 35.5. The number of hydrogen-bond donors (Lipinski definition) is 1. The second-order valence-corrected chi connectivity index (χ2v) is 5.81. The van der Waals surface area contributed by atoms with E-state index in [1.165, 1.54) is 24.1 Å². The maximum absolute atomic E-state index is 6.23.